The first kappa shape index (κ1) is 13.4. The van der Waals surface area contributed by atoms with E-state index >= 15 is 0 Å². The summed E-state index contributed by atoms with van der Waals surface area (Å²) in [6.07, 6.45) is 6.97. The summed E-state index contributed by atoms with van der Waals surface area (Å²) in [7, 11) is 0. The number of ether oxygens (including phenoxy) is 1. The molecule has 4 rings (SSSR count). The number of hydrazine groups is 1. The number of hydrogen-bond donors (Lipinski definition) is 2. The molecule has 21 heavy (non-hydrogen) atoms. The van der Waals surface area contributed by atoms with Gasteiger partial charge in [-0.2, -0.15) is 0 Å². The predicted octanol–water partition coefficient (Wildman–Crippen LogP) is 1.18. The molecule has 2 unspecified atom stereocenters. The molecule has 3 aliphatic rings. The molecule has 2 atom stereocenters. The molecule has 2 saturated heterocycles. The van der Waals surface area contributed by atoms with Crippen LogP contribution in [-0.2, 0) is 17.6 Å². The lowest BCUT2D eigenvalue weighted by molar-refractivity contribution is -0.0541. The van der Waals surface area contributed by atoms with Gasteiger partial charge < -0.3 is 10.2 Å². The number of morpholine rings is 1. The Bertz CT molecular complexity index is 518. The van der Waals surface area contributed by atoms with Crippen LogP contribution in [-0.4, -0.2) is 40.6 Å². The third-order valence-corrected chi connectivity index (χ3v) is 5.01. The highest BCUT2D eigenvalue weighted by Crippen LogP contribution is 2.31. The van der Waals surface area contributed by atoms with E-state index in [1.807, 2.05) is 0 Å². The molecule has 1 aromatic heterocycles. The first-order valence-corrected chi connectivity index (χ1v) is 8.07. The van der Waals surface area contributed by atoms with Gasteiger partial charge in [0.25, 0.3) is 0 Å². The van der Waals surface area contributed by atoms with Gasteiger partial charge in [-0.1, -0.05) is 0 Å². The summed E-state index contributed by atoms with van der Waals surface area (Å²) in [5.74, 6) is 7.26. The van der Waals surface area contributed by atoms with Gasteiger partial charge in [-0.3, -0.25) is 4.90 Å². The van der Waals surface area contributed by atoms with E-state index in [-0.39, 0.29) is 6.10 Å². The van der Waals surface area contributed by atoms with Crippen LogP contribution in [0, 0.1) is 0 Å². The van der Waals surface area contributed by atoms with Crippen LogP contribution in [0.5, 0.6) is 0 Å². The minimum absolute atomic E-state index is 0.0151. The fourth-order valence-corrected chi connectivity index (χ4v) is 3.85. The zero-order valence-electron chi connectivity index (χ0n) is 12.3. The maximum absolute atomic E-state index is 6.03. The van der Waals surface area contributed by atoms with Crippen LogP contribution in [0.15, 0.2) is 0 Å². The topological polar surface area (TPSA) is 76.3 Å². The molecule has 0 saturated carbocycles. The number of aromatic nitrogens is 2. The second kappa shape index (κ2) is 5.51. The van der Waals surface area contributed by atoms with Gasteiger partial charge in [-0.25, -0.2) is 15.8 Å². The molecule has 0 spiro atoms. The molecule has 2 fully saturated rings. The number of aryl methyl sites for hydroxylation is 1. The molecule has 0 radical (unpaired) electrons. The van der Waals surface area contributed by atoms with Gasteiger partial charge in [0.1, 0.15) is 11.9 Å². The average molecular weight is 289 g/mol. The zero-order valence-corrected chi connectivity index (χ0v) is 12.3. The molecule has 3 heterocycles. The normalized spacial score (nSPS) is 29.0. The molecule has 2 aliphatic heterocycles. The van der Waals surface area contributed by atoms with Crippen molar-refractivity contribution in [3.8, 4) is 0 Å². The summed E-state index contributed by atoms with van der Waals surface area (Å²) >= 11 is 0. The third-order valence-electron chi connectivity index (χ3n) is 5.01. The van der Waals surface area contributed by atoms with Crippen molar-refractivity contribution in [1.29, 1.82) is 0 Å². The number of nitrogens with one attached hydrogen (secondary N) is 1. The molecule has 0 aromatic carbocycles. The van der Waals surface area contributed by atoms with E-state index in [1.165, 1.54) is 37.8 Å². The molecular formula is C15H23N5O. The lowest BCUT2D eigenvalue weighted by Crippen LogP contribution is -2.43. The fraction of sp³-hybridized carbons (Fsp3) is 0.733. The van der Waals surface area contributed by atoms with Crippen LogP contribution in [0.2, 0.25) is 0 Å². The molecule has 0 amide bonds. The Hall–Kier alpha value is -1.24. The van der Waals surface area contributed by atoms with E-state index in [1.54, 1.807) is 0 Å². The minimum Gasteiger partial charge on any atom is -0.367 e. The smallest absolute Gasteiger partial charge is 0.161 e. The van der Waals surface area contributed by atoms with Gasteiger partial charge in [0.2, 0.25) is 0 Å². The summed E-state index contributed by atoms with van der Waals surface area (Å²) < 4.78 is 6.03. The third kappa shape index (κ3) is 2.41. The first-order valence-electron chi connectivity index (χ1n) is 8.07. The van der Waals surface area contributed by atoms with E-state index in [2.05, 4.69) is 15.3 Å². The van der Waals surface area contributed by atoms with Gasteiger partial charge in [0, 0.05) is 23.8 Å². The average Bonchev–Trinajstić information content (AvgIpc) is 3.01. The number of rotatable bonds is 2. The quantitative estimate of drug-likeness (QED) is 0.629. The van der Waals surface area contributed by atoms with Gasteiger partial charge in [0.05, 0.1) is 6.61 Å². The maximum Gasteiger partial charge on any atom is 0.161 e. The number of fused-ring (bicyclic) bond motifs is 2. The highest BCUT2D eigenvalue weighted by atomic mass is 16.5. The van der Waals surface area contributed by atoms with Gasteiger partial charge in [-0.05, 0) is 45.1 Å². The predicted molar refractivity (Wildman–Crippen MR) is 79.8 cm³/mol. The number of hydrogen-bond acceptors (Lipinski definition) is 6. The van der Waals surface area contributed by atoms with Crippen molar-refractivity contribution in [2.45, 2.75) is 50.7 Å². The molecule has 0 bridgehead atoms. The van der Waals surface area contributed by atoms with Crippen molar-refractivity contribution in [1.82, 2.24) is 14.9 Å². The Morgan fingerprint density at radius 1 is 1.19 bits per heavy atom. The van der Waals surface area contributed by atoms with E-state index in [9.17, 15) is 0 Å². The second-order valence-corrected chi connectivity index (χ2v) is 6.32. The van der Waals surface area contributed by atoms with Gasteiger partial charge >= 0.3 is 0 Å². The lowest BCUT2D eigenvalue weighted by atomic mass is 9.96. The maximum atomic E-state index is 6.03. The number of nitrogen functional groups attached to an aromatic ring is 1. The van der Waals surface area contributed by atoms with Crippen LogP contribution >= 0.6 is 0 Å². The Morgan fingerprint density at radius 2 is 2.10 bits per heavy atom. The van der Waals surface area contributed by atoms with Crippen molar-refractivity contribution >= 4 is 5.82 Å². The van der Waals surface area contributed by atoms with Crippen LogP contribution in [0.4, 0.5) is 5.82 Å². The zero-order chi connectivity index (χ0) is 14.2. The van der Waals surface area contributed by atoms with Crippen molar-refractivity contribution in [3.05, 3.63) is 17.1 Å². The van der Waals surface area contributed by atoms with Crippen LogP contribution < -0.4 is 11.3 Å². The number of anilines is 1. The highest BCUT2D eigenvalue weighted by Gasteiger charge is 2.34. The SMILES string of the molecule is NNc1nc(C2CN3CCCC3CO2)nc2c1CCCC2. The summed E-state index contributed by atoms with van der Waals surface area (Å²) in [5.41, 5.74) is 5.12. The minimum atomic E-state index is -0.0151. The van der Waals surface area contributed by atoms with Gasteiger partial charge in [0.15, 0.2) is 5.82 Å². The van der Waals surface area contributed by atoms with E-state index in [0.717, 1.165) is 43.3 Å². The molecule has 1 aliphatic carbocycles. The van der Waals surface area contributed by atoms with Gasteiger partial charge in [-0.15, -0.1) is 0 Å². The molecule has 1 aromatic rings. The number of nitrogens with two attached hydrogens (primary N) is 1. The van der Waals surface area contributed by atoms with E-state index < -0.39 is 0 Å². The van der Waals surface area contributed by atoms with E-state index in [0.29, 0.717) is 6.04 Å². The standard InChI is InChI=1S/C15H23N5O/c16-19-14-11-5-1-2-6-12(11)17-15(18-14)13-8-20-7-3-4-10(20)9-21-13/h10,13H,1-9,16H2,(H,17,18,19). The lowest BCUT2D eigenvalue weighted by Gasteiger charge is -2.34. The molecule has 6 heteroatoms. The van der Waals surface area contributed by atoms with Crippen molar-refractivity contribution in [3.63, 3.8) is 0 Å². The molecular weight excluding hydrogens is 266 g/mol. The van der Waals surface area contributed by atoms with Crippen LogP contribution in [0.3, 0.4) is 0 Å². The Morgan fingerprint density at radius 3 is 3.00 bits per heavy atom. The first-order chi connectivity index (χ1) is 10.3. The summed E-state index contributed by atoms with van der Waals surface area (Å²) in [5, 5.41) is 0. The molecule has 114 valence electrons. The summed E-state index contributed by atoms with van der Waals surface area (Å²) in [4.78, 5) is 12.0. The van der Waals surface area contributed by atoms with E-state index in [4.69, 9.17) is 15.6 Å². The van der Waals surface area contributed by atoms with Crippen molar-refractivity contribution in [2.75, 3.05) is 25.1 Å². The summed E-state index contributed by atoms with van der Waals surface area (Å²) in [6.45, 7) is 2.89. The number of nitrogens with zero attached hydrogens (tertiary/aromatic N) is 3. The fourth-order valence-electron chi connectivity index (χ4n) is 3.85. The Balaban J connectivity index is 1.62. The molecule has 6 nitrogen and oxygen atoms in total. The second-order valence-electron chi connectivity index (χ2n) is 6.32. The highest BCUT2D eigenvalue weighted by molar-refractivity contribution is 5.47. The van der Waals surface area contributed by atoms with Crippen LogP contribution in [0.1, 0.15) is 48.9 Å². The Labute approximate surface area is 125 Å². The summed E-state index contributed by atoms with van der Waals surface area (Å²) in [6, 6.07) is 0.603. The van der Waals surface area contributed by atoms with Crippen molar-refractivity contribution in [2.24, 2.45) is 5.84 Å². The van der Waals surface area contributed by atoms with Crippen molar-refractivity contribution < 1.29 is 4.74 Å². The Kier molecular flexibility index (Phi) is 3.52. The largest absolute Gasteiger partial charge is 0.367 e. The molecule has 3 N–H and O–H groups in total. The van der Waals surface area contributed by atoms with Crippen LogP contribution in [0.25, 0.3) is 0 Å². The monoisotopic (exact) mass is 289 g/mol.